The number of hydrogen-bond donors (Lipinski definition) is 0. The molecular formula is C4H3F3INaO3. The van der Waals surface area contributed by atoms with Gasteiger partial charge in [0.25, 0.3) is 0 Å². The van der Waals surface area contributed by atoms with Gasteiger partial charge in [0.2, 0.25) is 0 Å². The molecule has 66 valence electrons. The van der Waals surface area contributed by atoms with Crippen molar-refractivity contribution in [1.82, 2.24) is 0 Å². The van der Waals surface area contributed by atoms with Crippen LogP contribution < -0.4 is 53.5 Å². The molecule has 8 heteroatoms. The summed E-state index contributed by atoms with van der Waals surface area (Å²) in [7, 11) is 0. The van der Waals surface area contributed by atoms with Crippen LogP contribution >= 0.6 is 0 Å². The molecular weight excluding hydrogens is 303 g/mol. The normalized spacial score (nSPS) is 9.00. The average molecular weight is 306 g/mol. The van der Waals surface area contributed by atoms with Gasteiger partial charge in [-0.2, -0.15) is 13.2 Å². The molecule has 0 saturated carbocycles. The second-order valence-electron chi connectivity index (χ2n) is 1.38. The van der Waals surface area contributed by atoms with E-state index in [1.54, 1.807) is 0 Å². The van der Waals surface area contributed by atoms with E-state index in [4.69, 9.17) is 0 Å². The topological polar surface area (TPSA) is 43.4 Å². The van der Waals surface area contributed by atoms with Crippen molar-refractivity contribution in [1.29, 1.82) is 0 Å². The number of alkyl halides is 3. The van der Waals surface area contributed by atoms with Crippen LogP contribution in [0.5, 0.6) is 0 Å². The van der Waals surface area contributed by atoms with E-state index in [-0.39, 0.29) is 53.5 Å². The van der Waals surface area contributed by atoms with E-state index in [2.05, 4.69) is 4.74 Å². The summed E-state index contributed by atoms with van der Waals surface area (Å²) in [5, 5.41) is 0. The maximum atomic E-state index is 11.2. The number of esters is 2. The minimum atomic E-state index is -5.09. The van der Waals surface area contributed by atoms with Crippen LogP contribution in [-0.4, -0.2) is 18.1 Å². The number of ether oxygens (including phenoxy) is 1. The largest absolute Gasteiger partial charge is 1.00 e. The second-order valence-corrected chi connectivity index (χ2v) is 1.38. The molecule has 0 bridgehead atoms. The average Bonchev–Trinajstić information content (AvgIpc) is 1.60. The third-order valence-corrected chi connectivity index (χ3v) is 0.468. The summed E-state index contributed by atoms with van der Waals surface area (Å²) in [4.78, 5) is 19.5. The van der Waals surface area contributed by atoms with Crippen molar-refractivity contribution in [2.45, 2.75) is 13.1 Å². The third kappa shape index (κ3) is 8.75. The van der Waals surface area contributed by atoms with Crippen LogP contribution in [0.25, 0.3) is 0 Å². The Morgan fingerprint density at radius 1 is 1.25 bits per heavy atom. The maximum Gasteiger partial charge on any atom is 1.00 e. The van der Waals surface area contributed by atoms with Crippen LogP contribution in [0.4, 0.5) is 13.2 Å². The van der Waals surface area contributed by atoms with Gasteiger partial charge in [0.05, 0.1) is 0 Å². The van der Waals surface area contributed by atoms with E-state index in [0.29, 0.717) is 6.92 Å². The Morgan fingerprint density at radius 2 is 1.58 bits per heavy atom. The summed E-state index contributed by atoms with van der Waals surface area (Å²) in [6.45, 7) is 0.712. The molecule has 0 aromatic carbocycles. The van der Waals surface area contributed by atoms with Gasteiger partial charge in [-0.1, -0.05) is 0 Å². The minimum absolute atomic E-state index is 0. The molecule has 0 saturated heterocycles. The summed E-state index contributed by atoms with van der Waals surface area (Å²) in [5.41, 5.74) is 0. The van der Waals surface area contributed by atoms with Crippen LogP contribution in [0.3, 0.4) is 0 Å². The van der Waals surface area contributed by atoms with Crippen molar-refractivity contribution < 1.29 is 81.0 Å². The molecule has 0 spiro atoms. The van der Waals surface area contributed by atoms with Crippen molar-refractivity contribution in [2.24, 2.45) is 0 Å². The molecule has 0 unspecified atom stereocenters. The maximum absolute atomic E-state index is 11.2. The summed E-state index contributed by atoms with van der Waals surface area (Å²) < 4.78 is 36.8. The van der Waals surface area contributed by atoms with Crippen molar-refractivity contribution in [3.8, 4) is 0 Å². The molecule has 0 aliphatic rings. The predicted octanol–water partition coefficient (Wildman–Crippen LogP) is -5.35. The van der Waals surface area contributed by atoms with Crippen LogP contribution in [-0.2, 0) is 14.3 Å². The van der Waals surface area contributed by atoms with E-state index < -0.39 is 18.1 Å². The molecule has 0 rings (SSSR count). The van der Waals surface area contributed by atoms with Crippen molar-refractivity contribution in [3.05, 3.63) is 0 Å². The Labute approximate surface area is 105 Å². The standard InChI is InChI=1S/C4H3F3O3.HI.Na/c1-2(8)10-3(9)4(5,6)7;;/h1H3;1H;/q;;+1/p-1. The van der Waals surface area contributed by atoms with Crippen LogP contribution in [0.15, 0.2) is 0 Å². The molecule has 0 aromatic rings. The number of hydrogen-bond acceptors (Lipinski definition) is 3. The molecule has 0 amide bonds. The monoisotopic (exact) mass is 306 g/mol. The molecule has 0 N–H and O–H groups in total. The first kappa shape index (κ1) is 18.4. The number of carbonyl (C=O) groups is 2. The van der Waals surface area contributed by atoms with Crippen molar-refractivity contribution in [3.63, 3.8) is 0 Å². The van der Waals surface area contributed by atoms with E-state index in [9.17, 15) is 22.8 Å². The van der Waals surface area contributed by atoms with Crippen molar-refractivity contribution >= 4 is 11.9 Å². The van der Waals surface area contributed by atoms with Crippen LogP contribution in [0.2, 0.25) is 0 Å². The molecule has 0 aromatic heterocycles. The predicted molar refractivity (Wildman–Crippen MR) is 22.8 cm³/mol. The molecule has 0 atom stereocenters. The van der Waals surface area contributed by atoms with Gasteiger partial charge in [-0.15, -0.1) is 0 Å². The van der Waals surface area contributed by atoms with Gasteiger partial charge in [-0.05, 0) is 0 Å². The quantitative estimate of drug-likeness (QED) is 0.194. The number of carbonyl (C=O) groups excluding carboxylic acids is 2. The summed E-state index contributed by atoms with van der Waals surface area (Å²) in [6.07, 6.45) is -5.09. The van der Waals surface area contributed by atoms with E-state index >= 15 is 0 Å². The fourth-order valence-corrected chi connectivity index (χ4v) is 0.188. The molecule has 0 aliphatic heterocycles. The van der Waals surface area contributed by atoms with Gasteiger partial charge < -0.3 is 28.7 Å². The van der Waals surface area contributed by atoms with Crippen LogP contribution in [0, 0.1) is 0 Å². The Balaban J connectivity index is -0.000000405. The molecule has 12 heavy (non-hydrogen) atoms. The zero-order chi connectivity index (χ0) is 8.36. The van der Waals surface area contributed by atoms with E-state index in [1.807, 2.05) is 0 Å². The molecule has 0 radical (unpaired) electrons. The zero-order valence-corrected chi connectivity index (χ0v) is 10.4. The van der Waals surface area contributed by atoms with Gasteiger partial charge in [0.1, 0.15) is 0 Å². The Hall–Kier alpha value is 0.660. The second kappa shape index (κ2) is 7.10. The fourth-order valence-electron chi connectivity index (χ4n) is 0.188. The molecule has 0 fully saturated rings. The molecule has 0 heterocycles. The molecule has 0 aliphatic carbocycles. The van der Waals surface area contributed by atoms with Gasteiger partial charge in [-0.3, -0.25) is 4.79 Å². The minimum Gasteiger partial charge on any atom is -1.00 e. The molecule has 3 nitrogen and oxygen atoms in total. The fraction of sp³-hybridized carbons (Fsp3) is 0.500. The smallest absolute Gasteiger partial charge is 1.00 e. The Bertz CT molecular complexity index is 169. The van der Waals surface area contributed by atoms with Crippen LogP contribution in [0.1, 0.15) is 6.92 Å². The van der Waals surface area contributed by atoms with E-state index in [1.165, 1.54) is 0 Å². The summed E-state index contributed by atoms with van der Waals surface area (Å²) in [5.74, 6) is -3.76. The van der Waals surface area contributed by atoms with Gasteiger partial charge in [-0.25, -0.2) is 4.79 Å². The summed E-state index contributed by atoms with van der Waals surface area (Å²) >= 11 is 0. The van der Waals surface area contributed by atoms with Gasteiger partial charge >= 0.3 is 47.7 Å². The Morgan fingerprint density at radius 3 is 1.67 bits per heavy atom. The first-order valence-electron chi connectivity index (χ1n) is 2.13. The zero-order valence-electron chi connectivity index (χ0n) is 6.24. The number of rotatable bonds is 0. The number of halogens is 4. The summed E-state index contributed by atoms with van der Waals surface area (Å²) in [6, 6.07) is 0. The van der Waals surface area contributed by atoms with E-state index in [0.717, 1.165) is 0 Å². The first-order valence-corrected chi connectivity index (χ1v) is 2.13. The Kier molecular flexibility index (Phi) is 10.9. The first-order chi connectivity index (χ1) is 4.34. The van der Waals surface area contributed by atoms with Crippen molar-refractivity contribution in [2.75, 3.05) is 0 Å². The van der Waals surface area contributed by atoms with Gasteiger partial charge in [0, 0.05) is 6.92 Å². The SMILES string of the molecule is CC(=O)OC(=O)C(F)(F)F.[I-].[Na+]. The van der Waals surface area contributed by atoms with Gasteiger partial charge in [0.15, 0.2) is 0 Å². The third-order valence-electron chi connectivity index (χ3n) is 0.468.